The highest BCUT2D eigenvalue weighted by atomic mass is 32.2. The number of fused-ring (bicyclic) bond motifs is 1. The molecule has 0 aliphatic heterocycles. The van der Waals surface area contributed by atoms with E-state index in [1.54, 1.807) is 0 Å². The molecule has 1 amide bonds. The molecular formula is C21H21N3O3S. The van der Waals surface area contributed by atoms with Gasteiger partial charge in [0.25, 0.3) is 5.91 Å². The van der Waals surface area contributed by atoms with Crippen molar-refractivity contribution in [1.82, 2.24) is 15.1 Å². The summed E-state index contributed by atoms with van der Waals surface area (Å²) in [4.78, 5) is 12.7. The summed E-state index contributed by atoms with van der Waals surface area (Å²) in [6, 6.07) is 16.0. The minimum atomic E-state index is -3.28. The van der Waals surface area contributed by atoms with Gasteiger partial charge in [-0.3, -0.25) is 4.79 Å². The predicted octanol–water partition coefficient (Wildman–Crippen LogP) is 2.69. The van der Waals surface area contributed by atoms with Gasteiger partial charge in [0, 0.05) is 17.5 Å². The number of nitrogens with one attached hydrogen (secondary N) is 1. The normalized spacial score (nSPS) is 13.3. The van der Waals surface area contributed by atoms with Crippen LogP contribution in [0.3, 0.4) is 0 Å². The second kappa shape index (κ2) is 7.24. The second-order valence-electron chi connectivity index (χ2n) is 6.95. The number of benzene rings is 2. The zero-order chi connectivity index (χ0) is 19.7. The third-order valence-electron chi connectivity index (χ3n) is 4.98. The van der Waals surface area contributed by atoms with E-state index in [2.05, 4.69) is 5.32 Å². The molecule has 1 N–H and O–H groups in total. The third kappa shape index (κ3) is 3.57. The lowest BCUT2D eigenvalue weighted by Gasteiger charge is -2.06. The summed E-state index contributed by atoms with van der Waals surface area (Å²) in [6.45, 7) is 0.342. The van der Waals surface area contributed by atoms with Crippen LogP contribution in [0.2, 0.25) is 0 Å². The van der Waals surface area contributed by atoms with Crippen molar-refractivity contribution in [2.75, 3.05) is 6.26 Å². The van der Waals surface area contributed by atoms with E-state index in [4.69, 9.17) is 5.10 Å². The zero-order valence-electron chi connectivity index (χ0n) is 15.6. The molecule has 0 unspecified atom stereocenters. The molecule has 0 atom stereocenters. The van der Waals surface area contributed by atoms with E-state index in [1.807, 2.05) is 35.0 Å². The Morgan fingerprint density at radius 1 is 1.07 bits per heavy atom. The average Bonchev–Trinajstić information content (AvgIpc) is 3.29. The summed E-state index contributed by atoms with van der Waals surface area (Å²) in [5.74, 6) is -0.249. The smallest absolute Gasteiger partial charge is 0.251 e. The number of sulfone groups is 1. The summed E-state index contributed by atoms with van der Waals surface area (Å²) in [7, 11) is -3.28. The van der Waals surface area contributed by atoms with Gasteiger partial charge in [-0.15, -0.1) is 0 Å². The van der Waals surface area contributed by atoms with Crippen molar-refractivity contribution < 1.29 is 13.2 Å². The molecule has 3 aromatic rings. The minimum Gasteiger partial charge on any atom is -0.346 e. The van der Waals surface area contributed by atoms with Gasteiger partial charge < -0.3 is 5.32 Å². The molecule has 28 heavy (non-hydrogen) atoms. The Morgan fingerprint density at radius 2 is 1.79 bits per heavy atom. The molecule has 0 radical (unpaired) electrons. The van der Waals surface area contributed by atoms with Gasteiger partial charge in [-0.2, -0.15) is 5.10 Å². The van der Waals surface area contributed by atoms with Crippen LogP contribution in [-0.2, 0) is 29.2 Å². The molecule has 0 saturated heterocycles. The Hall–Kier alpha value is -2.93. The minimum absolute atomic E-state index is 0.198. The van der Waals surface area contributed by atoms with E-state index >= 15 is 0 Å². The Kier molecular flexibility index (Phi) is 4.77. The lowest BCUT2D eigenvalue weighted by atomic mass is 10.2. The van der Waals surface area contributed by atoms with Crippen LogP contribution < -0.4 is 5.32 Å². The van der Waals surface area contributed by atoms with Crippen LogP contribution in [-0.4, -0.2) is 30.4 Å². The highest BCUT2D eigenvalue weighted by Crippen LogP contribution is 2.27. The topological polar surface area (TPSA) is 81.1 Å². The number of hydrogen-bond acceptors (Lipinski definition) is 4. The Morgan fingerprint density at radius 3 is 2.46 bits per heavy atom. The van der Waals surface area contributed by atoms with Gasteiger partial charge in [0.1, 0.15) is 0 Å². The van der Waals surface area contributed by atoms with Gasteiger partial charge in [0.15, 0.2) is 9.84 Å². The third-order valence-corrected chi connectivity index (χ3v) is 6.10. The van der Waals surface area contributed by atoms with Crippen molar-refractivity contribution in [3.63, 3.8) is 0 Å². The Labute approximate surface area is 164 Å². The van der Waals surface area contributed by atoms with Crippen LogP contribution >= 0.6 is 0 Å². The monoisotopic (exact) mass is 395 g/mol. The molecule has 1 aliphatic carbocycles. The quantitative estimate of drug-likeness (QED) is 0.720. The van der Waals surface area contributed by atoms with E-state index in [9.17, 15) is 13.2 Å². The fraction of sp³-hybridized carbons (Fsp3) is 0.238. The van der Waals surface area contributed by atoms with Gasteiger partial charge >= 0.3 is 0 Å². The van der Waals surface area contributed by atoms with Crippen LogP contribution in [0, 0.1) is 0 Å². The molecule has 1 heterocycles. The van der Waals surface area contributed by atoms with Crippen LogP contribution in [0.25, 0.3) is 5.69 Å². The SMILES string of the molecule is CS(=O)(=O)c1ccc(C(=O)NCc2nn(-c3ccccc3)c3c2CCC3)cc1. The van der Waals surface area contributed by atoms with Crippen molar-refractivity contribution in [2.45, 2.75) is 30.7 Å². The molecule has 144 valence electrons. The maximum Gasteiger partial charge on any atom is 0.251 e. The number of hydrogen-bond donors (Lipinski definition) is 1. The molecule has 2 aromatic carbocycles. The molecule has 7 heteroatoms. The van der Waals surface area contributed by atoms with E-state index in [0.717, 1.165) is 36.9 Å². The first-order chi connectivity index (χ1) is 13.4. The summed E-state index contributed by atoms with van der Waals surface area (Å²) < 4.78 is 25.1. The summed E-state index contributed by atoms with van der Waals surface area (Å²) >= 11 is 0. The number of para-hydroxylation sites is 1. The van der Waals surface area contributed by atoms with Crippen LogP contribution in [0.1, 0.15) is 33.7 Å². The molecule has 6 nitrogen and oxygen atoms in total. The number of amides is 1. The first-order valence-corrected chi connectivity index (χ1v) is 11.1. The van der Waals surface area contributed by atoms with Crippen molar-refractivity contribution in [2.24, 2.45) is 0 Å². The van der Waals surface area contributed by atoms with Crippen molar-refractivity contribution in [1.29, 1.82) is 0 Å². The highest BCUT2D eigenvalue weighted by molar-refractivity contribution is 7.90. The van der Waals surface area contributed by atoms with Crippen molar-refractivity contribution in [3.05, 3.63) is 77.1 Å². The van der Waals surface area contributed by atoms with Gasteiger partial charge in [-0.25, -0.2) is 13.1 Å². The molecule has 1 aliphatic rings. The van der Waals surface area contributed by atoms with Crippen LogP contribution in [0.5, 0.6) is 0 Å². The first-order valence-electron chi connectivity index (χ1n) is 9.17. The molecule has 0 bridgehead atoms. The fourth-order valence-electron chi connectivity index (χ4n) is 3.56. The lowest BCUT2D eigenvalue weighted by molar-refractivity contribution is 0.0950. The van der Waals surface area contributed by atoms with E-state index in [-0.39, 0.29) is 10.8 Å². The average molecular weight is 395 g/mol. The van der Waals surface area contributed by atoms with Crippen molar-refractivity contribution in [3.8, 4) is 5.69 Å². The standard InChI is InChI=1S/C21H21N3O3S/c1-28(26,27)17-12-10-15(11-13-17)21(25)22-14-19-18-8-5-9-20(18)24(23-19)16-6-3-2-4-7-16/h2-4,6-7,10-13H,5,8-9,14H2,1H3,(H,22,25). The van der Waals surface area contributed by atoms with Gasteiger partial charge in [-0.1, -0.05) is 18.2 Å². The van der Waals surface area contributed by atoms with E-state index in [1.165, 1.54) is 35.5 Å². The van der Waals surface area contributed by atoms with Crippen LogP contribution in [0.15, 0.2) is 59.5 Å². The molecule has 4 rings (SSSR count). The highest BCUT2D eigenvalue weighted by Gasteiger charge is 2.23. The Balaban J connectivity index is 1.52. The second-order valence-corrected chi connectivity index (χ2v) is 8.97. The largest absolute Gasteiger partial charge is 0.346 e. The number of aromatic nitrogens is 2. The van der Waals surface area contributed by atoms with E-state index < -0.39 is 9.84 Å². The van der Waals surface area contributed by atoms with Gasteiger partial charge in [0.05, 0.1) is 22.8 Å². The first kappa shape index (κ1) is 18.4. The molecule has 0 spiro atoms. The van der Waals surface area contributed by atoms with E-state index in [0.29, 0.717) is 12.1 Å². The molecule has 0 fully saturated rings. The maximum atomic E-state index is 12.5. The number of nitrogens with zero attached hydrogens (tertiary/aromatic N) is 2. The van der Waals surface area contributed by atoms with Crippen molar-refractivity contribution >= 4 is 15.7 Å². The fourth-order valence-corrected chi connectivity index (χ4v) is 4.19. The maximum absolute atomic E-state index is 12.5. The number of carbonyl (C=O) groups excluding carboxylic acids is 1. The predicted molar refractivity (Wildman–Crippen MR) is 106 cm³/mol. The van der Waals surface area contributed by atoms with Crippen LogP contribution in [0.4, 0.5) is 0 Å². The van der Waals surface area contributed by atoms with Gasteiger partial charge in [0.2, 0.25) is 0 Å². The molecule has 1 aromatic heterocycles. The zero-order valence-corrected chi connectivity index (χ0v) is 16.4. The summed E-state index contributed by atoms with van der Waals surface area (Å²) in [5, 5.41) is 7.64. The molecule has 0 saturated carbocycles. The Bertz CT molecular complexity index is 1120. The summed E-state index contributed by atoms with van der Waals surface area (Å²) in [6.07, 6.45) is 4.19. The number of rotatable bonds is 5. The van der Waals surface area contributed by atoms with Gasteiger partial charge in [-0.05, 0) is 61.2 Å². The summed E-state index contributed by atoms with van der Waals surface area (Å²) in [5.41, 5.74) is 4.77. The lowest BCUT2D eigenvalue weighted by Crippen LogP contribution is -2.23. The number of carbonyl (C=O) groups is 1. The molecular weight excluding hydrogens is 374 g/mol.